The lowest BCUT2D eigenvalue weighted by atomic mass is 10.1. The van der Waals surface area contributed by atoms with E-state index >= 15 is 0 Å². The fraction of sp³-hybridized carbons (Fsp3) is 0.250. The van der Waals surface area contributed by atoms with E-state index in [0.717, 1.165) is 17.0 Å². The fourth-order valence-corrected chi connectivity index (χ4v) is 4.20. The Morgan fingerprint density at radius 3 is 2.58 bits per heavy atom. The maximum atomic E-state index is 13.0. The van der Waals surface area contributed by atoms with Crippen molar-refractivity contribution in [2.75, 3.05) is 20.3 Å². The average Bonchev–Trinajstić information content (AvgIpc) is 3.06. The summed E-state index contributed by atoms with van der Waals surface area (Å²) in [7, 11) is 1.61. The molecular weight excluding hydrogens is 412 g/mol. The van der Waals surface area contributed by atoms with Crippen LogP contribution < -0.4 is 9.47 Å². The van der Waals surface area contributed by atoms with Crippen molar-refractivity contribution in [2.24, 2.45) is 4.99 Å². The van der Waals surface area contributed by atoms with Crippen LogP contribution in [0.15, 0.2) is 59.0 Å². The number of ether oxygens (including phenoxy) is 2. The number of hydrogen-bond donors (Lipinski definition) is 1. The van der Waals surface area contributed by atoms with Crippen molar-refractivity contribution in [3.63, 3.8) is 0 Å². The Bertz CT molecular complexity index is 1030. The van der Waals surface area contributed by atoms with Crippen molar-refractivity contribution >= 4 is 34.6 Å². The molecule has 0 bridgehead atoms. The number of nitrogens with zero attached hydrogens (tertiary/aromatic N) is 2. The van der Waals surface area contributed by atoms with Gasteiger partial charge in [-0.1, -0.05) is 6.08 Å². The molecule has 1 fully saturated rings. The van der Waals surface area contributed by atoms with Crippen LogP contribution in [0.25, 0.3) is 6.08 Å². The number of thioether (sulfide) groups is 1. The first-order valence-electron chi connectivity index (χ1n) is 10.0. The number of likely N-dealkylation sites (N-methyl/N-ethyl adjacent to an activating group) is 1. The van der Waals surface area contributed by atoms with Crippen LogP contribution in [-0.2, 0) is 11.2 Å². The molecule has 6 nitrogen and oxygen atoms in total. The van der Waals surface area contributed by atoms with Gasteiger partial charge in [0.15, 0.2) is 16.7 Å². The van der Waals surface area contributed by atoms with Crippen LogP contribution in [0.4, 0.5) is 5.69 Å². The molecule has 1 aliphatic heterocycles. The van der Waals surface area contributed by atoms with Gasteiger partial charge in [-0.25, -0.2) is 4.99 Å². The molecule has 0 atom stereocenters. The number of aliphatic imine (C=N–C) groups is 1. The van der Waals surface area contributed by atoms with Crippen LogP contribution >= 0.6 is 11.8 Å². The van der Waals surface area contributed by atoms with Crippen molar-refractivity contribution < 1.29 is 19.4 Å². The minimum atomic E-state index is -0.101. The highest BCUT2D eigenvalue weighted by Crippen LogP contribution is 2.37. The van der Waals surface area contributed by atoms with E-state index in [0.29, 0.717) is 41.0 Å². The first-order valence-corrected chi connectivity index (χ1v) is 10.9. The zero-order valence-electron chi connectivity index (χ0n) is 17.9. The van der Waals surface area contributed by atoms with Crippen LogP contribution in [0.5, 0.6) is 17.2 Å². The highest BCUT2D eigenvalue weighted by atomic mass is 32.2. The maximum absolute atomic E-state index is 13.0. The van der Waals surface area contributed by atoms with Gasteiger partial charge in [-0.3, -0.25) is 9.69 Å². The van der Waals surface area contributed by atoms with Gasteiger partial charge >= 0.3 is 0 Å². The highest BCUT2D eigenvalue weighted by Gasteiger charge is 2.32. The van der Waals surface area contributed by atoms with Gasteiger partial charge in [0.05, 0.1) is 24.3 Å². The van der Waals surface area contributed by atoms with Gasteiger partial charge in [-0.15, -0.1) is 6.58 Å². The van der Waals surface area contributed by atoms with E-state index in [2.05, 4.69) is 11.6 Å². The Balaban J connectivity index is 1.96. The van der Waals surface area contributed by atoms with E-state index in [4.69, 9.17) is 9.47 Å². The summed E-state index contributed by atoms with van der Waals surface area (Å²) < 4.78 is 10.7. The van der Waals surface area contributed by atoms with Crippen molar-refractivity contribution in [2.45, 2.75) is 20.3 Å². The molecule has 7 heteroatoms. The lowest BCUT2D eigenvalue weighted by molar-refractivity contribution is -0.122. The molecule has 1 N–H and O–H groups in total. The Labute approximate surface area is 186 Å². The standard InChI is InChI=1S/C24H26N2O4S/c1-5-8-17-13-16(14-20(22(17)27)30-7-3)15-21-23(28)26(6-2)24(31-21)25-18-9-11-19(29-4)12-10-18/h5,9-15,27H,1,6-8H2,2-4H3/b21-15+,25-24?. The molecule has 2 aromatic rings. The van der Waals surface area contributed by atoms with Crippen LogP contribution in [0.3, 0.4) is 0 Å². The number of phenols is 1. The monoisotopic (exact) mass is 438 g/mol. The summed E-state index contributed by atoms with van der Waals surface area (Å²) in [5, 5.41) is 11.0. The first kappa shape index (κ1) is 22.5. The minimum absolute atomic E-state index is 0.101. The second kappa shape index (κ2) is 10.2. The summed E-state index contributed by atoms with van der Waals surface area (Å²) in [5.74, 6) is 1.14. The van der Waals surface area contributed by atoms with Gasteiger partial charge in [-0.05, 0) is 80.1 Å². The molecule has 0 aliphatic carbocycles. The molecule has 162 valence electrons. The molecular formula is C24H26N2O4S. The Kier molecular flexibility index (Phi) is 7.41. The van der Waals surface area contributed by atoms with Crippen molar-refractivity contribution in [3.05, 3.63) is 65.1 Å². The van der Waals surface area contributed by atoms with Gasteiger partial charge < -0.3 is 14.6 Å². The molecule has 1 saturated heterocycles. The van der Waals surface area contributed by atoms with Gasteiger partial charge in [0.2, 0.25) is 0 Å². The SMILES string of the molecule is C=CCc1cc(/C=C2/SC(=Nc3ccc(OC)cc3)N(CC)C2=O)cc(OCC)c1O. The number of carbonyl (C=O) groups excluding carboxylic acids is 1. The third-order valence-corrected chi connectivity index (χ3v) is 5.65. The van der Waals surface area contributed by atoms with E-state index in [1.165, 1.54) is 11.8 Å². The highest BCUT2D eigenvalue weighted by molar-refractivity contribution is 8.18. The fourth-order valence-electron chi connectivity index (χ4n) is 3.14. The lowest BCUT2D eigenvalue weighted by Gasteiger charge is -2.12. The molecule has 1 amide bonds. The molecule has 0 unspecified atom stereocenters. The predicted molar refractivity (Wildman–Crippen MR) is 126 cm³/mol. The second-order valence-corrected chi connectivity index (χ2v) is 7.71. The number of allylic oxidation sites excluding steroid dienone is 1. The van der Waals surface area contributed by atoms with Gasteiger partial charge in [0.25, 0.3) is 5.91 Å². The maximum Gasteiger partial charge on any atom is 0.266 e. The Hall–Kier alpha value is -3.19. The van der Waals surface area contributed by atoms with E-state index < -0.39 is 0 Å². The number of phenolic OH excluding ortho intramolecular Hbond substituents is 1. The predicted octanol–water partition coefficient (Wildman–Crippen LogP) is 5.15. The topological polar surface area (TPSA) is 71.4 Å². The molecule has 0 radical (unpaired) electrons. The number of methoxy groups -OCH3 is 1. The summed E-state index contributed by atoms with van der Waals surface area (Å²) in [6.45, 7) is 8.46. The number of hydrogen-bond acceptors (Lipinski definition) is 6. The molecule has 1 heterocycles. The number of carbonyl (C=O) groups is 1. The van der Waals surface area contributed by atoms with Gasteiger partial charge in [0.1, 0.15) is 5.75 Å². The smallest absolute Gasteiger partial charge is 0.266 e. The van der Waals surface area contributed by atoms with Gasteiger partial charge in [0, 0.05) is 12.1 Å². The third-order valence-electron chi connectivity index (χ3n) is 4.64. The molecule has 0 saturated carbocycles. The summed E-state index contributed by atoms with van der Waals surface area (Å²) in [6, 6.07) is 10.9. The number of amides is 1. The molecule has 1 aliphatic rings. The minimum Gasteiger partial charge on any atom is -0.504 e. The van der Waals surface area contributed by atoms with Crippen molar-refractivity contribution in [3.8, 4) is 17.2 Å². The number of amidine groups is 1. The van der Waals surface area contributed by atoms with Crippen LogP contribution in [0, 0.1) is 0 Å². The van der Waals surface area contributed by atoms with E-state index in [1.54, 1.807) is 30.2 Å². The second-order valence-electron chi connectivity index (χ2n) is 6.71. The van der Waals surface area contributed by atoms with Crippen LogP contribution in [0.2, 0.25) is 0 Å². The summed E-state index contributed by atoms with van der Waals surface area (Å²) in [6.07, 6.45) is 4.02. The van der Waals surface area contributed by atoms with E-state index in [1.807, 2.05) is 44.2 Å². The van der Waals surface area contributed by atoms with E-state index in [-0.39, 0.29) is 11.7 Å². The normalized spacial score (nSPS) is 16.2. The van der Waals surface area contributed by atoms with Crippen molar-refractivity contribution in [1.29, 1.82) is 0 Å². The Morgan fingerprint density at radius 1 is 1.23 bits per heavy atom. The zero-order valence-corrected chi connectivity index (χ0v) is 18.7. The third kappa shape index (κ3) is 5.11. The first-order chi connectivity index (χ1) is 15.0. The number of benzene rings is 2. The summed E-state index contributed by atoms with van der Waals surface area (Å²) >= 11 is 1.33. The van der Waals surface area contributed by atoms with E-state index in [9.17, 15) is 9.90 Å². The lowest BCUT2D eigenvalue weighted by Crippen LogP contribution is -2.28. The zero-order chi connectivity index (χ0) is 22.4. The molecule has 31 heavy (non-hydrogen) atoms. The van der Waals surface area contributed by atoms with Gasteiger partial charge in [-0.2, -0.15) is 0 Å². The van der Waals surface area contributed by atoms with Crippen LogP contribution in [0.1, 0.15) is 25.0 Å². The summed E-state index contributed by atoms with van der Waals surface area (Å²) in [4.78, 5) is 19.8. The summed E-state index contributed by atoms with van der Waals surface area (Å²) in [5.41, 5.74) is 2.21. The quantitative estimate of drug-likeness (QED) is 0.456. The Morgan fingerprint density at radius 2 is 1.97 bits per heavy atom. The largest absolute Gasteiger partial charge is 0.504 e. The van der Waals surface area contributed by atoms with Crippen LogP contribution in [-0.4, -0.2) is 41.3 Å². The number of aromatic hydroxyl groups is 1. The average molecular weight is 439 g/mol. The molecule has 0 spiro atoms. The molecule has 3 rings (SSSR count). The van der Waals surface area contributed by atoms with Crippen molar-refractivity contribution in [1.82, 2.24) is 4.90 Å². The molecule has 0 aromatic heterocycles. The molecule has 2 aromatic carbocycles. The number of rotatable bonds is 8.